The highest BCUT2D eigenvalue weighted by Gasteiger charge is 2.53. The lowest BCUT2D eigenvalue weighted by molar-refractivity contribution is -0.190. The van der Waals surface area contributed by atoms with Crippen LogP contribution in [-0.2, 0) is 5.54 Å². The molecule has 9 heteroatoms. The van der Waals surface area contributed by atoms with Gasteiger partial charge in [0.25, 0.3) is 5.89 Å². The summed E-state index contributed by atoms with van der Waals surface area (Å²) in [4.78, 5) is 7.16. The van der Waals surface area contributed by atoms with E-state index in [2.05, 4.69) is 19.6 Å². The zero-order valence-electron chi connectivity index (χ0n) is 9.57. The Kier molecular flexibility index (Phi) is 3.01. The molecule has 0 aromatic carbocycles. The molecule has 2 heterocycles. The summed E-state index contributed by atoms with van der Waals surface area (Å²) < 4.78 is 55.2. The predicted molar refractivity (Wildman–Crippen MR) is 55.1 cm³/mol. The first-order valence-electron chi connectivity index (χ1n) is 5.03. The zero-order valence-corrected chi connectivity index (χ0v) is 9.57. The normalized spacial score (nSPS) is 15.3. The number of nitrogens with zero attached hydrogens (tertiary/aromatic N) is 3. The summed E-state index contributed by atoms with van der Waals surface area (Å²) in [7, 11) is 0. The Morgan fingerprint density at radius 1 is 1.26 bits per heavy atom. The molecule has 0 aliphatic carbocycles. The minimum atomic E-state index is -4.74. The lowest BCUT2D eigenvalue weighted by atomic mass is 10.0. The van der Waals surface area contributed by atoms with Crippen LogP contribution in [0, 0.1) is 5.82 Å². The Balaban J connectivity index is 2.37. The van der Waals surface area contributed by atoms with Gasteiger partial charge in [-0.2, -0.15) is 18.2 Å². The molecule has 1 unspecified atom stereocenters. The van der Waals surface area contributed by atoms with Crippen molar-refractivity contribution in [3.8, 4) is 11.5 Å². The van der Waals surface area contributed by atoms with Gasteiger partial charge < -0.3 is 10.3 Å². The summed E-state index contributed by atoms with van der Waals surface area (Å²) in [6, 6.07) is 2.29. The summed E-state index contributed by atoms with van der Waals surface area (Å²) >= 11 is 0. The Morgan fingerprint density at radius 2 is 1.95 bits per heavy atom. The summed E-state index contributed by atoms with van der Waals surface area (Å²) in [5, 5.41) is 3.34. The number of alkyl halides is 3. The molecule has 0 saturated heterocycles. The Labute approximate surface area is 104 Å². The SMILES string of the molecule is CC(N)(c1nc(-c2ccc(F)cn2)no1)C(F)(F)F. The van der Waals surface area contributed by atoms with Crippen LogP contribution >= 0.6 is 0 Å². The van der Waals surface area contributed by atoms with E-state index < -0.39 is 23.4 Å². The van der Waals surface area contributed by atoms with Crippen molar-refractivity contribution in [2.75, 3.05) is 0 Å². The van der Waals surface area contributed by atoms with Gasteiger partial charge in [-0.25, -0.2) is 9.37 Å². The lowest BCUT2D eigenvalue weighted by Gasteiger charge is -2.22. The number of hydrogen-bond donors (Lipinski definition) is 1. The molecule has 0 saturated carbocycles. The first-order chi connectivity index (χ1) is 8.72. The van der Waals surface area contributed by atoms with E-state index in [4.69, 9.17) is 5.73 Å². The molecule has 5 nitrogen and oxygen atoms in total. The topological polar surface area (TPSA) is 77.8 Å². The van der Waals surface area contributed by atoms with E-state index in [0.29, 0.717) is 6.92 Å². The van der Waals surface area contributed by atoms with Crippen LogP contribution in [0.3, 0.4) is 0 Å². The van der Waals surface area contributed by atoms with Gasteiger partial charge in [-0.15, -0.1) is 0 Å². The molecule has 0 spiro atoms. The number of rotatable bonds is 2. The zero-order chi connectivity index (χ0) is 14.3. The third kappa shape index (κ3) is 2.41. The molecule has 0 bridgehead atoms. The van der Waals surface area contributed by atoms with Crippen LogP contribution in [0.4, 0.5) is 17.6 Å². The molecule has 2 aromatic heterocycles. The standard InChI is InChI=1S/C10H8F4N4O/c1-9(15,10(12,13)14)8-17-7(18-19-8)6-3-2-5(11)4-16-6/h2-4H,15H2,1H3. The maximum absolute atomic E-state index is 12.7. The van der Waals surface area contributed by atoms with Crippen LogP contribution in [0.2, 0.25) is 0 Å². The Morgan fingerprint density at radius 3 is 2.47 bits per heavy atom. The quantitative estimate of drug-likeness (QED) is 0.849. The van der Waals surface area contributed by atoms with E-state index >= 15 is 0 Å². The summed E-state index contributed by atoms with van der Waals surface area (Å²) in [6.45, 7) is 0.711. The average molecular weight is 276 g/mol. The van der Waals surface area contributed by atoms with Crippen molar-refractivity contribution >= 4 is 0 Å². The number of pyridine rings is 1. The predicted octanol–water partition coefficient (Wildman–Crippen LogP) is 2.01. The molecule has 0 radical (unpaired) electrons. The van der Waals surface area contributed by atoms with E-state index in [-0.39, 0.29) is 11.5 Å². The van der Waals surface area contributed by atoms with Crippen LogP contribution in [-0.4, -0.2) is 21.3 Å². The minimum Gasteiger partial charge on any atom is -0.336 e. The Bertz CT molecular complexity index is 576. The van der Waals surface area contributed by atoms with Gasteiger partial charge in [0, 0.05) is 0 Å². The van der Waals surface area contributed by atoms with E-state index in [1.165, 1.54) is 6.07 Å². The number of nitrogens with two attached hydrogens (primary N) is 1. The lowest BCUT2D eigenvalue weighted by Crippen LogP contribution is -2.47. The van der Waals surface area contributed by atoms with Gasteiger partial charge >= 0.3 is 6.18 Å². The van der Waals surface area contributed by atoms with Crippen molar-refractivity contribution in [3.63, 3.8) is 0 Å². The maximum atomic E-state index is 12.7. The van der Waals surface area contributed by atoms with Crippen molar-refractivity contribution in [2.24, 2.45) is 5.73 Å². The first-order valence-corrected chi connectivity index (χ1v) is 5.03. The first kappa shape index (κ1) is 13.4. The summed E-state index contributed by atoms with van der Waals surface area (Å²) in [5.74, 6) is -1.58. The average Bonchev–Trinajstić information content (AvgIpc) is 2.78. The maximum Gasteiger partial charge on any atom is 0.415 e. The largest absolute Gasteiger partial charge is 0.415 e. The van der Waals surface area contributed by atoms with E-state index in [1.54, 1.807) is 0 Å². The monoisotopic (exact) mass is 276 g/mol. The molecule has 0 fully saturated rings. The number of hydrogen-bond acceptors (Lipinski definition) is 5. The van der Waals surface area contributed by atoms with Gasteiger partial charge in [-0.1, -0.05) is 5.16 Å². The molecule has 102 valence electrons. The van der Waals surface area contributed by atoms with Crippen molar-refractivity contribution in [1.29, 1.82) is 0 Å². The third-order valence-corrected chi connectivity index (χ3v) is 2.42. The highest BCUT2D eigenvalue weighted by Crippen LogP contribution is 2.35. The number of aromatic nitrogens is 3. The molecule has 2 aromatic rings. The fraction of sp³-hybridized carbons (Fsp3) is 0.300. The molecule has 0 aliphatic rings. The van der Waals surface area contributed by atoms with Gasteiger partial charge in [-0.3, -0.25) is 0 Å². The fourth-order valence-corrected chi connectivity index (χ4v) is 1.17. The summed E-state index contributed by atoms with van der Waals surface area (Å²) in [5.41, 5.74) is 2.44. The van der Waals surface area contributed by atoms with Crippen LogP contribution in [0.25, 0.3) is 11.5 Å². The molecular weight excluding hydrogens is 268 g/mol. The van der Waals surface area contributed by atoms with E-state index in [9.17, 15) is 17.6 Å². The van der Waals surface area contributed by atoms with Gasteiger partial charge in [0.05, 0.1) is 6.20 Å². The summed E-state index contributed by atoms with van der Waals surface area (Å²) in [6.07, 6.45) is -3.86. The van der Waals surface area contributed by atoms with Crippen LogP contribution in [0.5, 0.6) is 0 Å². The van der Waals surface area contributed by atoms with Crippen molar-refractivity contribution < 1.29 is 22.1 Å². The molecule has 19 heavy (non-hydrogen) atoms. The highest BCUT2D eigenvalue weighted by atomic mass is 19.4. The second-order valence-electron chi connectivity index (χ2n) is 3.98. The molecule has 1 atom stereocenters. The second-order valence-corrected chi connectivity index (χ2v) is 3.98. The molecule has 0 aliphatic heterocycles. The van der Waals surface area contributed by atoms with Gasteiger partial charge in [0.15, 0.2) is 5.54 Å². The van der Waals surface area contributed by atoms with Crippen LogP contribution in [0.15, 0.2) is 22.9 Å². The van der Waals surface area contributed by atoms with Gasteiger partial charge in [-0.05, 0) is 19.1 Å². The van der Waals surface area contributed by atoms with Crippen molar-refractivity contribution in [3.05, 3.63) is 30.0 Å². The van der Waals surface area contributed by atoms with Gasteiger partial charge in [0.1, 0.15) is 11.5 Å². The molecule has 0 amide bonds. The molecular formula is C10H8F4N4O. The minimum absolute atomic E-state index is 0.0781. The second kappa shape index (κ2) is 4.26. The van der Waals surface area contributed by atoms with Gasteiger partial charge in [0.2, 0.25) is 5.82 Å². The van der Waals surface area contributed by atoms with Crippen molar-refractivity contribution in [1.82, 2.24) is 15.1 Å². The third-order valence-electron chi connectivity index (χ3n) is 2.42. The van der Waals surface area contributed by atoms with Crippen molar-refractivity contribution in [2.45, 2.75) is 18.6 Å². The highest BCUT2D eigenvalue weighted by molar-refractivity contribution is 5.47. The number of halogens is 4. The molecule has 2 N–H and O–H groups in total. The fourth-order valence-electron chi connectivity index (χ4n) is 1.17. The van der Waals surface area contributed by atoms with Crippen LogP contribution in [0.1, 0.15) is 12.8 Å². The van der Waals surface area contributed by atoms with Crippen LogP contribution < -0.4 is 5.73 Å². The Hall–Kier alpha value is -2.03. The van der Waals surface area contributed by atoms with E-state index in [1.807, 2.05) is 0 Å². The smallest absolute Gasteiger partial charge is 0.336 e. The van der Waals surface area contributed by atoms with E-state index in [0.717, 1.165) is 12.3 Å². The molecule has 2 rings (SSSR count).